The van der Waals surface area contributed by atoms with Gasteiger partial charge in [-0.1, -0.05) is 41.9 Å². The van der Waals surface area contributed by atoms with Crippen molar-refractivity contribution >= 4 is 34.9 Å². The molecule has 0 bridgehead atoms. The molecular formula is C18H15ClN2O3. The summed E-state index contributed by atoms with van der Waals surface area (Å²) in [4.78, 5) is 20.5. The molecule has 1 aliphatic rings. The van der Waals surface area contributed by atoms with Gasteiger partial charge in [-0.15, -0.1) is 0 Å². The van der Waals surface area contributed by atoms with Crippen molar-refractivity contribution in [2.24, 2.45) is 9.98 Å². The fourth-order valence-corrected chi connectivity index (χ4v) is 2.65. The van der Waals surface area contributed by atoms with E-state index in [0.717, 1.165) is 5.56 Å². The fraction of sp³-hybridized carbons (Fsp3) is 0.167. The van der Waals surface area contributed by atoms with Crippen LogP contribution in [0.25, 0.3) is 0 Å². The molecule has 3 rings (SSSR count). The minimum absolute atomic E-state index is 0.0690. The predicted molar refractivity (Wildman–Crippen MR) is 93.7 cm³/mol. The van der Waals surface area contributed by atoms with E-state index in [4.69, 9.17) is 16.3 Å². The lowest BCUT2D eigenvalue weighted by atomic mass is 10.0. The van der Waals surface area contributed by atoms with Crippen molar-refractivity contribution < 1.29 is 14.6 Å². The molecule has 2 aromatic carbocycles. The highest BCUT2D eigenvalue weighted by Gasteiger charge is 2.30. The summed E-state index contributed by atoms with van der Waals surface area (Å²) in [6.07, 6.45) is 0. The zero-order valence-corrected chi connectivity index (χ0v) is 13.7. The molecule has 0 amide bonds. The van der Waals surface area contributed by atoms with Crippen LogP contribution in [0.1, 0.15) is 18.1 Å². The molecule has 0 fully saturated rings. The van der Waals surface area contributed by atoms with E-state index in [1.54, 1.807) is 25.1 Å². The van der Waals surface area contributed by atoms with Crippen LogP contribution in [0.3, 0.4) is 0 Å². The maximum absolute atomic E-state index is 11.7. The zero-order valence-electron chi connectivity index (χ0n) is 12.9. The number of carboxylic acid groups (broad SMARTS) is 1. The summed E-state index contributed by atoms with van der Waals surface area (Å²) in [5.74, 6) is -1.05. The molecule has 6 heteroatoms. The smallest absolute Gasteiger partial charge is 0.338 e. The zero-order chi connectivity index (χ0) is 17.1. The Bertz CT molecular complexity index is 831. The van der Waals surface area contributed by atoms with Crippen molar-refractivity contribution in [2.75, 3.05) is 6.61 Å². The van der Waals surface area contributed by atoms with Gasteiger partial charge in [0.15, 0.2) is 0 Å². The molecule has 1 atom stereocenters. The Morgan fingerprint density at radius 1 is 1.25 bits per heavy atom. The number of halogens is 1. The third-order valence-corrected chi connectivity index (χ3v) is 3.74. The average Bonchev–Trinajstić information content (AvgIpc) is 2.73. The molecule has 0 aliphatic carbocycles. The van der Waals surface area contributed by atoms with E-state index in [1.165, 1.54) is 0 Å². The van der Waals surface area contributed by atoms with Crippen LogP contribution in [0.15, 0.2) is 58.5 Å². The first-order valence-electron chi connectivity index (χ1n) is 7.47. The van der Waals surface area contributed by atoms with Crippen molar-refractivity contribution in [3.05, 3.63) is 64.7 Å². The van der Waals surface area contributed by atoms with E-state index < -0.39 is 12.0 Å². The van der Waals surface area contributed by atoms with Gasteiger partial charge >= 0.3 is 5.97 Å². The van der Waals surface area contributed by atoms with E-state index in [9.17, 15) is 9.90 Å². The summed E-state index contributed by atoms with van der Waals surface area (Å²) in [5.41, 5.74) is 2.57. The highest BCUT2D eigenvalue weighted by molar-refractivity contribution is 6.31. The lowest BCUT2D eigenvalue weighted by Gasteiger charge is -2.11. The Kier molecular flexibility index (Phi) is 4.62. The van der Waals surface area contributed by atoms with Gasteiger partial charge in [-0.2, -0.15) is 0 Å². The summed E-state index contributed by atoms with van der Waals surface area (Å²) in [5, 5.41) is 10.1. The van der Waals surface area contributed by atoms with Crippen LogP contribution in [0.5, 0.6) is 0 Å². The van der Waals surface area contributed by atoms with Gasteiger partial charge in [0.25, 0.3) is 0 Å². The molecule has 2 aromatic rings. The number of fused-ring (bicyclic) bond motifs is 1. The first kappa shape index (κ1) is 16.2. The summed E-state index contributed by atoms with van der Waals surface area (Å²) in [7, 11) is 0. The molecule has 0 spiro atoms. The van der Waals surface area contributed by atoms with Gasteiger partial charge in [0.1, 0.15) is 0 Å². The van der Waals surface area contributed by atoms with Crippen molar-refractivity contribution in [1.29, 1.82) is 0 Å². The minimum Gasteiger partial charge on any atom is -0.479 e. The number of nitrogens with zero attached hydrogens (tertiary/aromatic N) is 2. The van der Waals surface area contributed by atoms with Crippen molar-refractivity contribution in [2.45, 2.75) is 13.0 Å². The quantitative estimate of drug-likeness (QED) is 0.924. The normalized spacial score (nSPS) is 16.5. The standard InChI is InChI=1S/C18H15ClN2O3/c1-2-24-17-16(18(22)23)21-15(11-6-4-3-5-7-11)13-10-12(19)8-9-14(13)20-17/h3-10,16H,2H2,1H3,(H,22,23). The molecule has 0 radical (unpaired) electrons. The molecule has 1 unspecified atom stereocenters. The second kappa shape index (κ2) is 6.84. The van der Waals surface area contributed by atoms with Crippen LogP contribution in [0.2, 0.25) is 5.02 Å². The van der Waals surface area contributed by atoms with Gasteiger partial charge in [0.05, 0.1) is 18.0 Å². The molecule has 0 saturated carbocycles. The largest absolute Gasteiger partial charge is 0.479 e. The molecule has 122 valence electrons. The summed E-state index contributed by atoms with van der Waals surface area (Å²) >= 11 is 6.13. The maximum atomic E-state index is 11.7. The molecule has 24 heavy (non-hydrogen) atoms. The van der Waals surface area contributed by atoms with Gasteiger partial charge in [0.2, 0.25) is 11.9 Å². The number of hydrogen-bond acceptors (Lipinski definition) is 4. The minimum atomic E-state index is -1.20. The Morgan fingerprint density at radius 2 is 2.00 bits per heavy atom. The first-order valence-corrected chi connectivity index (χ1v) is 7.85. The summed E-state index contributed by atoms with van der Waals surface area (Å²) in [6.45, 7) is 2.08. The lowest BCUT2D eigenvalue weighted by molar-refractivity contribution is -0.137. The molecule has 1 heterocycles. The number of rotatable bonds is 3. The van der Waals surface area contributed by atoms with E-state index in [-0.39, 0.29) is 5.90 Å². The lowest BCUT2D eigenvalue weighted by Crippen LogP contribution is -2.30. The third-order valence-electron chi connectivity index (χ3n) is 3.51. The number of carboxylic acids is 1. The van der Waals surface area contributed by atoms with Crippen LogP contribution < -0.4 is 0 Å². The number of benzene rings is 2. The van der Waals surface area contributed by atoms with Gasteiger partial charge < -0.3 is 9.84 Å². The van der Waals surface area contributed by atoms with E-state index >= 15 is 0 Å². The number of hydrogen-bond donors (Lipinski definition) is 1. The summed E-state index contributed by atoms with van der Waals surface area (Å²) in [6, 6.07) is 13.3. The topological polar surface area (TPSA) is 71.2 Å². The molecule has 0 aromatic heterocycles. The monoisotopic (exact) mass is 342 g/mol. The molecule has 1 N–H and O–H groups in total. The van der Waals surface area contributed by atoms with Crippen molar-refractivity contribution in [3.8, 4) is 0 Å². The third kappa shape index (κ3) is 3.16. The number of aliphatic carboxylic acids is 1. The Hall–Kier alpha value is -2.66. The van der Waals surface area contributed by atoms with Gasteiger partial charge in [-0.05, 0) is 25.1 Å². The fourth-order valence-electron chi connectivity index (χ4n) is 2.48. The second-order valence-corrected chi connectivity index (χ2v) is 5.57. The molecule has 1 aliphatic heterocycles. The van der Waals surface area contributed by atoms with Gasteiger partial charge in [-0.25, -0.2) is 9.79 Å². The molecule has 0 saturated heterocycles. The number of ether oxygens (including phenoxy) is 1. The maximum Gasteiger partial charge on any atom is 0.338 e. The van der Waals surface area contributed by atoms with Crippen LogP contribution in [0.4, 0.5) is 5.69 Å². The number of aliphatic imine (C=N–C) groups is 2. The summed E-state index contributed by atoms with van der Waals surface area (Å²) < 4.78 is 5.44. The van der Waals surface area contributed by atoms with Crippen molar-refractivity contribution in [1.82, 2.24) is 0 Å². The van der Waals surface area contributed by atoms with Gasteiger partial charge in [0, 0.05) is 16.1 Å². The number of carbonyl (C=O) groups is 1. The van der Waals surface area contributed by atoms with Crippen LogP contribution >= 0.6 is 11.6 Å². The highest BCUT2D eigenvalue weighted by Crippen LogP contribution is 2.30. The SMILES string of the molecule is CCOC1=Nc2ccc(Cl)cc2C(c2ccccc2)=NC1C(=O)O. The predicted octanol–water partition coefficient (Wildman–Crippen LogP) is 3.71. The van der Waals surface area contributed by atoms with Crippen molar-refractivity contribution in [3.63, 3.8) is 0 Å². The van der Waals surface area contributed by atoms with Crippen LogP contribution in [-0.2, 0) is 9.53 Å². The molecule has 5 nitrogen and oxygen atoms in total. The van der Waals surface area contributed by atoms with E-state index in [0.29, 0.717) is 28.6 Å². The Labute approximate surface area is 144 Å². The Morgan fingerprint density at radius 3 is 2.67 bits per heavy atom. The molecular weight excluding hydrogens is 328 g/mol. The van der Waals surface area contributed by atoms with Gasteiger partial charge in [-0.3, -0.25) is 4.99 Å². The van der Waals surface area contributed by atoms with Crippen LogP contribution in [-0.4, -0.2) is 35.3 Å². The highest BCUT2D eigenvalue weighted by atomic mass is 35.5. The van der Waals surface area contributed by atoms with Crippen LogP contribution in [0, 0.1) is 0 Å². The second-order valence-electron chi connectivity index (χ2n) is 5.13. The average molecular weight is 343 g/mol. The Balaban J connectivity index is 2.26. The van der Waals surface area contributed by atoms with E-state index in [2.05, 4.69) is 9.98 Å². The van der Waals surface area contributed by atoms with E-state index in [1.807, 2.05) is 30.3 Å². The first-order chi connectivity index (χ1) is 11.6.